The molecule has 2 aliphatic rings. The van der Waals surface area contributed by atoms with Gasteiger partial charge in [0.25, 0.3) is 0 Å². The van der Waals surface area contributed by atoms with Crippen molar-refractivity contribution in [1.29, 1.82) is 0 Å². The van der Waals surface area contributed by atoms with Crippen molar-refractivity contribution in [2.45, 2.75) is 51.3 Å². The molecule has 0 saturated heterocycles. The van der Waals surface area contributed by atoms with Crippen LogP contribution in [0.3, 0.4) is 0 Å². The molecule has 1 spiro atoms. The number of hydrogen-bond donors (Lipinski definition) is 1. The van der Waals surface area contributed by atoms with Crippen molar-refractivity contribution in [2.24, 2.45) is 5.41 Å². The monoisotopic (exact) mass is 279 g/mol. The van der Waals surface area contributed by atoms with Gasteiger partial charge in [0.1, 0.15) is 0 Å². The molecule has 2 unspecified atom stereocenters. The van der Waals surface area contributed by atoms with Crippen LogP contribution in [0.1, 0.15) is 38.2 Å². The molecule has 0 amide bonds. The normalized spacial score (nSPS) is 27.9. The predicted molar refractivity (Wildman–Crippen MR) is 78.4 cm³/mol. The molecule has 2 nitrogen and oxygen atoms in total. The molecular weight excluding hydrogens is 258 g/mol. The van der Waals surface area contributed by atoms with Crippen molar-refractivity contribution in [3.63, 3.8) is 0 Å². The largest absolute Gasteiger partial charge is 0.378 e. The third-order valence-electron chi connectivity index (χ3n) is 4.90. The van der Waals surface area contributed by atoms with Crippen LogP contribution >= 0.6 is 11.6 Å². The first-order valence-electron chi connectivity index (χ1n) is 7.34. The summed E-state index contributed by atoms with van der Waals surface area (Å²) in [5, 5.41) is 4.52. The van der Waals surface area contributed by atoms with Crippen LogP contribution in [0.4, 0.5) is 0 Å². The lowest BCUT2D eigenvalue weighted by molar-refractivity contribution is -0.173. The summed E-state index contributed by atoms with van der Waals surface area (Å²) in [5.41, 5.74) is 1.75. The molecule has 0 aromatic heterocycles. The molecule has 1 N–H and O–H groups in total. The summed E-state index contributed by atoms with van der Waals surface area (Å²) in [6.07, 6.45) is 5.68. The Morgan fingerprint density at radius 3 is 2.63 bits per heavy atom. The van der Waals surface area contributed by atoms with Crippen LogP contribution in [0.25, 0.3) is 0 Å². The minimum Gasteiger partial charge on any atom is -0.378 e. The standard InChI is InChI=1S/C16H22ClNO/c1-2-19-15-10-14(16(15)8-3-9-16)18-11-12-4-6-13(17)7-5-12/h4-7,14-15,18H,2-3,8-11H2,1H3. The van der Waals surface area contributed by atoms with E-state index in [0.29, 0.717) is 17.6 Å². The van der Waals surface area contributed by atoms with Gasteiger partial charge in [0.15, 0.2) is 0 Å². The Balaban J connectivity index is 1.55. The topological polar surface area (TPSA) is 21.3 Å². The van der Waals surface area contributed by atoms with Crippen molar-refractivity contribution < 1.29 is 4.74 Å². The average molecular weight is 280 g/mol. The SMILES string of the molecule is CCOC1CC(NCc2ccc(Cl)cc2)C12CCC2. The molecule has 3 heteroatoms. The maximum absolute atomic E-state index is 5.91. The fourth-order valence-electron chi connectivity index (χ4n) is 3.57. The van der Waals surface area contributed by atoms with Gasteiger partial charge in [0.05, 0.1) is 6.10 Å². The molecule has 1 aromatic carbocycles. The van der Waals surface area contributed by atoms with Gasteiger partial charge in [-0.1, -0.05) is 30.2 Å². The lowest BCUT2D eigenvalue weighted by atomic mass is 9.51. The Morgan fingerprint density at radius 2 is 2.05 bits per heavy atom. The van der Waals surface area contributed by atoms with Crippen LogP contribution in [0.2, 0.25) is 5.02 Å². The van der Waals surface area contributed by atoms with Gasteiger partial charge in [-0.2, -0.15) is 0 Å². The molecule has 2 atom stereocenters. The van der Waals surface area contributed by atoms with E-state index in [-0.39, 0.29) is 0 Å². The zero-order chi connectivity index (χ0) is 13.3. The van der Waals surface area contributed by atoms with E-state index in [1.807, 2.05) is 12.1 Å². The maximum Gasteiger partial charge on any atom is 0.0661 e. The molecule has 0 bridgehead atoms. The summed E-state index contributed by atoms with van der Waals surface area (Å²) >= 11 is 5.91. The number of hydrogen-bond acceptors (Lipinski definition) is 2. The van der Waals surface area contributed by atoms with E-state index >= 15 is 0 Å². The van der Waals surface area contributed by atoms with Gasteiger partial charge in [-0.3, -0.25) is 0 Å². The first-order chi connectivity index (χ1) is 9.24. The summed E-state index contributed by atoms with van der Waals surface area (Å²) in [4.78, 5) is 0. The van der Waals surface area contributed by atoms with E-state index in [9.17, 15) is 0 Å². The fraction of sp³-hybridized carbons (Fsp3) is 0.625. The molecule has 1 aromatic rings. The first-order valence-corrected chi connectivity index (χ1v) is 7.72. The molecular formula is C16H22ClNO. The van der Waals surface area contributed by atoms with Crippen molar-refractivity contribution in [2.75, 3.05) is 6.61 Å². The highest BCUT2D eigenvalue weighted by Gasteiger charge is 2.58. The second kappa shape index (κ2) is 5.43. The van der Waals surface area contributed by atoms with Crippen LogP contribution < -0.4 is 5.32 Å². The quantitative estimate of drug-likeness (QED) is 0.886. The zero-order valence-corrected chi connectivity index (χ0v) is 12.2. The Hall–Kier alpha value is -0.570. The molecule has 104 valence electrons. The number of benzene rings is 1. The Kier molecular flexibility index (Phi) is 3.84. The second-order valence-electron chi connectivity index (χ2n) is 5.83. The maximum atomic E-state index is 5.91. The molecule has 2 fully saturated rings. The Bertz CT molecular complexity index is 427. The highest BCUT2D eigenvalue weighted by atomic mass is 35.5. The molecule has 0 aliphatic heterocycles. The summed E-state index contributed by atoms with van der Waals surface area (Å²) < 4.78 is 5.88. The van der Waals surface area contributed by atoms with Gasteiger partial charge < -0.3 is 10.1 Å². The molecule has 19 heavy (non-hydrogen) atoms. The number of nitrogens with one attached hydrogen (secondary N) is 1. The lowest BCUT2D eigenvalue weighted by Crippen LogP contribution is -2.66. The molecule has 2 saturated carbocycles. The number of ether oxygens (including phenoxy) is 1. The van der Waals surface area contributed by atoms with E-state index in [1.165, 1.54) is 31.2 Å². The number of rotatable bonds is 5. The second-order valence-corrected chi connectivity index (χ2v) is 6.26. The minimum absolute atomic E-state index is 0.447. The highest BCUT2D eigenvalue weighted by Crippen LogP contribution is 2.57. The van der Waals surface area contributed by atoms with Crippen LogP contribution in [0.5, 0.6) is 0 Å². The van der Waals surface area contributed by atoms with Gasteiger partial charge >= 0.3 is 0 Å². The Morgan fingerprint density at radius 1 is 1.32 bits per heavy atom. The van der Waals surface area contributed by atoms with E-state index in [0.717, 1.165) is 18.2 Å². The predicted octanol–water partition coefficient (Wildman–Crippen LogP) is 3.78. The smallest absolute Gasteiger partial charge is 0.0661 e. The van der Waals surface area contributed by atoms with Crippen molar-refractivity contribution in [3.8, 4) is 0 Å². The summed E-state index contributed by atoms with van der Waals surface area (Å²) in [5.74, 6) is 0. The average Bonchev–Trinajstić information content (AvgIpc) is 2.33. The van der Waals surface area contributed by atoms with Crippen molar-refractivity contribution in [3.05, 3.63) is 34.9 Å². The summed E-state index contributed by atoms with van der Waals surface area (Å²) in [6.45, 7) is 3.87. The molecule has 3 rings (SSSR count). The van der Waals surface area contributed by atoms with Crippen LogP contribution in [0.15, 0.2) is 24.3 Å². The molecule has 2 aliphatic carbocycles. The third-order valence-corrected chi connectivity index (χ3v) is 5.16. The molecule has 0 heterocycles. The van der Waals surface area contributed by atoms with Gasteiger partial charge in [0.2, 0.25) is 0 Å². The van der Waals surface area contributed by atoms with Crippen LogP contribution in [0, 0.1) is 5.41 Å². The summed E-state index contributed by atoms with van der Waals surface area (Å²) in [6, 6.07) is 8.75. The van der Waals surface area contributed by atoms with Crippen molar-refractivity contribution in [1.82, 2.24) is 5.32 Å². The van der Waals surface area contributed by atoms with Gasteiger partial charge in [0, 0.05) is 29.6 Å². The lowest BCUT2D eigenvalue weighted by Gasteiger charge is -2.61. The third kappa shape index (κ3) is 2.42. The van der Waals surface area contributed by atoms with E-state index in [1.54, 1.807) is 0 Å². The van der Waals surface area contributed by atoms with Crippen molar-refractivity contribution >= 4 is 11.6 Å². The van der Waals surface area contributed by atoms with Gasteiger partial charge in [-0.05, 0) is 43.9 Å². The van der Waals surface area contributed by atoms with Crippen LogP contribution in [-0.4, -0.2) is 18.8 Å². The molecule has 0 radical (unpaired) electrons. The zero-order valence-electron chi connectivity index (χ0n) is 11.5. The highest BCUT2D eigenvalue weighted by molar-refractivity contribution is 6.30. The Labute approximate surface area is 120 Å². The van der Waals surface area contributed by atoms with E-state index in [2.05, 4.69) is 24.4 Å². The fourth-order valence-corrected chi connectivity index (χ4v) is 3.69. The van der Waals surface area contributed by atoms with E-state index < -0.39 is 0 Å². The minimum atomic E-state index is 0.447. The number of halogens is 1. The summed E-state index contributed by atoms with van der Waals surface area (Å²) in [7, 11) is 0. The van der Waals surface area contributed by atoms with Gasteiger partial charge in [-0.25, -0.2) is 0 Å². The van der Waals surface area contributed by atoms with E-state index in [4.69, 9.17) is 16.3 Å². The first kappa shape index (κ1) is 13.4. The van der Waals surface area contributed by atoms with Gasteiger partial charge in [-0.15, -0.1) is 0 Å². The van der Waals surface area contributed by atoms with Crippen LogP contribution in [-0.2, 0) is 11.3 Å².